The van der Waals surface area contributed by atoms with E-state index in [1.54, 1.807) is 11.0 Å². The molecule has 1 fully saturated rings. The van der Waals surface area contributed by atoms with E-state index in [1.165, 1.54) is 24.3 Å². The number of hydrogen-bond acceptors (Lipinski definition) is 6. The Hall–Kier alpha value is -2.62. The highest BCUT2D eigenvalue weighted by Crippen LogP contribution is 2.40. The Balaban J connectivity index is 1.69. The number of fused-ring (bicyclic) bond motifs is 1. The van der Waals surface area contributed by atoms with Crippen LogP contribution >= 0.6 is 23.4 Å². The predicted octanol–water partition coefficient (Wildman–Crippen LogP) is 5.70. The maximum atomic E-state index is 12.7. The molecule has 4 rings (SSSR count). The van der Waals surface area contributed by atoms with Crippen LogP contribution in [0.4, 0.5) is 18.9 Å². The van der Waals surface area contributed by atoms with Crippen molar-refractivity contribution in [2.75, 3.05) is 11.6 Å². The first-order chi connectivity index (χ1) is 16.0. The lowest BCUT2D eigenvalue weighted by Gasteiger charge is -2.34. The molecule has 1 aliphatic rings. The van der Waals surface area contributed by atoms with Crippen molar-refractivity contribution < 1.29 is 22.8 Å². The smallest absolute Gasteiger partial charge is 0.346 e. The van der Waals surface area contributed by atoms with Gasteiger partial charge in [-0.3, -0.25) is 14.5 Å². The molecule has 34 heavy (non-hydrogen) atoms. The molecule has 2 heterocycles. The van der Waals surface area contributed by atoms with E-state index >= 15 is 0 Å². The summed E-state index contributed by atoms with van der Waals surface area (Å²) >= 11 is 6.04. The summed E-state index contributed by atoms with van der Waals surface area (Å²) in [4.78, 5) is 32.4. The zero-order valence-electron chi connectivity index (χ0n) is 18.3. The van der Waals surface area contributed by atoms with Gasteiger partial charge in [-0.05, 0) is 67.6 Å². The van der Waals surface area contributed by atoms with E-state index in [1.807, 2.05) is 38.1 Å². The highest BCUT2D eigenvalue weighted by atomic mass is 35.5. The van der Waals surface area contributed by atoms with Crippen molar-refractivity contribution in [3.8, 4) is 0 Å². The lowest BCUT2D eigenvalue weighted by molar-refractivity contribution is -0.131. The molecule has 10 heteroatoms. The van der Waals surface area contributed by atoms with Crippen LogP contribution in [0.15, 0.2) is 59.5 Å². The summed E-state index contributed by atoms with van der Waals surface area (Å²) in [6.07, 6.45) is 0.301. The second kappa shape index (κ2) is 9.20. The molecule has 0 amide bonds. The van der Waals surface area contributed by atoms with Gasteiger partial charge in [0.25, 0.3) is 0 Å². The van der Waals surface area contributed by atoms with Gasteiger partial charge in [0.05, 0.1) is 12.2 Å². The Morgan fingerprint density at radius 1 is 1.21 bits per heavy atom. The second-order valence-corrected chi connectivity index (χ2v) is 10.1. The first-order valence-corrected chi connectivity index (χ1v) is 11.6. The number of halogens is 4. The Morgan fingerprint density at radius 3 is 2.53 bits per heavy atom. The van der Waals surface area contributed by atoms with Crippen LogP contribution < -0.4 is 4.90 Å². The molecular weight excluding hydrogens is 487 g/mol. The van der Waals surface area contributed by atoms with Crippen LogP contribution in [0.25, 0.3) is 10.9 Å². The number of aromatic nitrogens is 1. The number of benzene rings is 2. The number of para-hydroxylation sites is 1. The largest absolute Gasteiger partial charge is 0.446 e. The average Bonchev–Trinajstić information content (AvgIpc) is 3.02. The van der Waals surface area contributed by atoms with Crippen LogP contribution in [0.3, 0.4) is 0 Å². The van der Waals surface area contributed by atoms with Gasteiger partial charge in [0.15, 0.2) is 6.29 Å². The predicted molar refractivity (Wildman–Crippen MR) is 127 cm³/mol. The van der Waals surface area contributed by atoms with Gasteiger partial charge in [0.1, 0.15) is 11.2 Å². The first-order valence-electron chi connectivity index (χ1n) is 10.4. The normalized spacial score (nSPS) is 18.4. The number of ketones is 1. The molecule has 0 aliphatic carbocycles. The highest BCUT2D eigenvalue weighted by Gasteiger charge is 2.50. The number of Topliss-reactive ketones (excluding diaryl/α,β-unsaturated/α-hetero) is 1. The third-order valence-electron chi connectivity index (χ3n) is 6.04. The van der Waals surface area contributed by atoms with Gasteiger partial charge in [0, 0.05) is 28.1 Å². The van der Waals surface area contributed by atoms with Crippen LogP contribution in [0.5, 0.6) is 0 Å². The van der Waals surface area contributed by atoms with E-state index in [4.69, 9.17) is 11.6 Å². The Bertz CT molecular complexity index is 1230. The number of nitrogens with zero attached hydrogens (tertiary/aromatic N) is 3. The van der Waals surface area contributed by atoms with Crippen molar-refractivity contribution in [3.05, 3.63) is 65.3 Å². The molecule has 0 bridgehead atoms. The molecule has 0 spiro atoms. The SMILES string of the molecule is CC1(C)C(C(=O)C=O)N(c2ccc(SC(F)(F)F)cc2)CN1Cc1cc(Cl)nc2ccccc12. The number of aldehydes is 1. The van der Waals surface area contributed by atoms with E-state index in [0.717, 1.165) is 16.5 Å². The Morgan fingerprint density at radius 2 is 1.88 bits per heavy atom. The van der Waals surface area contributed by atoms with Gasteiger partial charge in [-0.25, -0.2) is 4.98 Å². The summed E-state index contributed by atoms with van der Waals surface area (Å²) < 4.78 is 38.1. The minimum atomic E-state index is -4.39. The first kappa shape index (κ1) is 24.5. The maximum absolute atomic E-state index is 12.7. The molecule has 0 N–H and O–H groups in total. The van der Waals surface area contributed by atoms with E-state index in [0.29, 0.717) is 23.7 Å². The molecule has 2 aromatic carbocycles. The summed E-state index contributed by atoms with van der Waals surface area (Å²) in [5.74, 6) is -0.598. The molecule has 1 unspecified atom stereocenters. The number of thioether (sulfide) groups is 1. The Labute approximate surface area is 203 Å². The number of carbonyl (C=O) groups excluding carboxylic acids is 2. The van der Waals surface area contributed by atoms with Crippen LogP contribution in [-0.2, 0) is 16.1 Å². The van der Waals surface area contributed by atoms with Gasteiger partial charge in [-0.1, -0.05) is 29.8 Å². The Kier molecular flexibility index (Phi) is 6.63. The maximum Gasteiger partial charge on any atom is 0.446 e. The summed E-state index contributed by atoms with van der Waals surface area (Å²) in [6.45, 7) is 4.46. The molecule has 3 aromatic rings. The van der Waals surface area contributed by atoms with Gasteiger partial charge in [-0.15, -0.1) is 0 Å². The van der Waals surface area contributed by atoms with Crippen molar-refractivity contribution in [1.82, 2.24) is 9.88 Å². The average molecular weight is 508 g/mol. The number of hydrogen-bond donors (Lipinski definition) is 0. The molecule has 1 saturated heterocycles. The van der Waals surface area contributed by atoms with Gasteiger partial charge < -0.3 is 4.90 Å². The van der Waals surface area contributed by atoms with Gasteiger partial charge in [0.2, 0.25) is 5.78 Å². The molecule has 0 saturated carbocycles. The summed E-state index contributed by atoms with van der Waals surface area (Å²) in [6, 6.07) is 14.4. The van der Waals surface area contributed by atoms with Gasteiger partial charge in [-0.2, -0.15) is 13.2 Å². The van der Waals surface area contributed by atoms with Crippen molar-refractivity contribution in [2.24, 2.45) is 0 Å². The van der Waals surface area contributed by atoms with E-state index in [9.17, 15) is 22.8 Å². The second-order valence-electron chi connectivity index (χ2n) is 8.55. The zero-order chi connectivity index (χ0) is 24.7. The molecule has 5 nitrogen and oxygen atoms in total. The fraction of sp³-hybridized carbons (Fsp3) is 0.292. The van der Waals surface area contributed by atoms with Crippen LogP contribution in [0.1, 0.15) is 19.4 Å². The number of rotatable bonds is 6. The standard InChI is InChI=1S/C24H21ClF3N3O2S/c1-23(2)22(20(33)13-32)31(16-7-9-17(10-8-16)34-24(26,27)28)14-30(23)12-15-11-21(25)29-19-6-4-3-5-18(15)19/h3-11,13,22H,12,14H2,1-2H3. The fourth-order valence-corrected chi connectivity index (χ4v) is 5.20. The van der Waals surface area contributed by atoms with E-state index in [2.05, 4.69) is 9.88 Å². The van der Waals surface area contributed by atoms with Crippen molar-refractivity contribution in [2.45, 2.75) is 42.4 Å². The molecule has 1 aromatic heterocycles. The summed E-state index contributed by atoms with van der Waals surface area (Å²) in [7, 11) is 0. The van der Waals surface area contributed by atoms with Crippen molar-refractivity contribution in [3.63, 3.8) is 0 Å². The molecule has 1 atom stereocenters. The minimum absolute atomic E-state index is 0.0442. The van der Waals surface area contributed by atoms with Crippen LogP contribution in [0.2, 0.25) is 5.15 Å². The quantitative estimate of drug-likeness (QED) is 0.185. The van der Waals surface area contributed by atoms with E-state index < -0.39 is 22.9 Å². The van der Waals surface area contributed by atoms with Crippen LogP contribution in [0, 0.1) is 0 Å². The zero-order valence-corrected chi connectivity index (χ0v) is 19.9. The monoisotopic (exact) mass is 507 g/mol. The highest BCUT2D eigenvalue weighted by molar-refractivity contribution is 8.00. The number of alkyl halides is 3. The van der Waals surface area contributed by atoms with Crippen LogP contribution in [-0.4, -0.2) is 45.7 Å². The lowest BCUT2D eigenvalue weighted by atomic mass is 9.90. The topological polar surface area (TPSA) is 53.5 Å². The third kappa shape index (κ3) is 4.92. The molecular formula is C24H21ClF3N3O2S. The lowest BCUT2D eigenvalue weighted by Crippen LogP contribution is -2.51. The van der Waals surface area contributed by atoms with E-state index in [-0.39, 0.29) is 23.3 Å². The molecule has 0 radical (unpaired) electrons. The summed E-state index contributed by atoms with van der Waals surface area (Å²) in [5.41, 5.74) is -2.93. The number of pyridine rings is 1. The fourth-order valence-electron chi connectivity index (χ4n) is 4.44. The number of anilines is 1. The minimum Gasteiger partial charge on any atom is -0.346 e. The third-order valence-corrected chi connectivity index (χ3v) is 6.97. The van der Waals surface area contributed by atoms with Crippen molar-refractivity contribution in [1.29, 1.82) is 0 Å². The van der Waals surface area contributed by atoms with Crippen molar-refractivity contribution >= 4 is 52.0 Å². The molecule has 1 aliphatic heterocycles. The summed E-state index contributed by atoms with van der Waals surface area (Å²) in [5, 5.41) is 1.27. The van der Waals surface area contributed by atoms with Gasteiger partial charge >= 0.3 is 5.51 Å². The molecule has 178 valence electrons. The number of carbonyl (C=O) groups is 2.